The first-order chi connectivity index (χ1) is 6.50. The summed E-state index contributed by atoms with van der Waals surface area (Å²) in [7, 11) is 0. The zero-order valence-electron chi connectivity index (χ0n) is 9.59. The summed E-state index contributed by atoms with van der Waals surface area (Å²) in [5.41, 5.74) is 3.70. The maximum absolute atomic E-state index is 4.07. The molecule has 2 aromatic heterocycles. The third-order valence-corrected chi connectivity index (χ3v) is 2.53. The smallest absolute Gasteiger partial charge is 0 e. The fourth-order valence-corrected chi connectivity index (χ4v) is 2.05. The number of aromatic amines is 1. The van der Waals surface area contributed by atoms with Crippen LogP contribution in [0, 0.1) is 6.92 Å². The van der Waals surface area contributed by atoms with Crippen molar-refractivity contribution in [3.05, 3.63) is 36.3 Å². The predicted octanol–water partition coefficient (Wildman–Crippen LogP) is 2.98. The summed E-state index contributed by atoms with van der Waals surface area (Å²) < 4.78 is 0. The minimum atomic E-state index is 0. The van der Waals surface area contributed by atoms with E-state index in [2.05, 4.69) is 51.7 Å². The Hall–Kier alpha value is -0.0712. The molecule has 0 aliphatic heterocycles. The molecule has 2 rings (SSSR count). The molecule has 0 unspecified atom stereocenters. The first-order valence-corrected chi connectivity index (χ1v) is 4.93. The van der Waals surface area contributed by atoms with Crippen LogP contribution in [0.1, 0.15) is 32.0 Å². The first kappa shape index (κ1) is 13.0. The molecule has 0 spiro atoms. The van der Waals surface area contributed by atoms with E-state index in [0.29, 0.717) is 0 Å². The van der Waals surface area contributed by atoms with Gasteiger partial charge in [0.05, 0.1) is 0 Å². The number of hydrogen-bond acceptors (Lipinski definition) is 0. The second kappa shape index (κ2) is 4.43. The molecule has 0 aromatic carbocycles. The van der Waals surface area contributed by atoms with Gasteiger partial charge in [-0.2, -0.15) is 0 Å². The molecule has 75 valence electrons. The van der Waals surface area contributed by atoms with Gasteiger partial charge in [-0.25, -0.2) is 0 Å². The van der Waals surface area contributed by atoms with Crippen LogP contribution < -0.4 is 0 Å². The molecule has 2 aromatic rings. The van der Waals surface area contributed by atoms with Crippen molar-refractivity contribution in [2.75, 3.05) is 0 Å². The van der Waals surface area contributed by atoms with Crippen molar-refractivity contribution in [2.45, 2.75) is 26.2 Å². The summed E-state index contributed by atoms with van der Waals surface area (Å²) in [4.78, 5) is 3.32. The Labute approximate surface area is 117 Å². The van der Waals surface area contributed by atoms with Crippen molar-refractivity contribution in [1.29, 1.82) is 0 Å². The molecule has 0 saturated heterocycles. The van der Waals surface area contributed by atoms with Crippen molar-refractivity contribution in [2.24, 2.45) is 0 Å². The van der Waals surface area contributed by atoms with E-state index in [-0.39, 0.29) is 38.1 Å². The molecule has 3 heteroatoms. The van der Waals surface area contributed by atoms with Crippen LogP contribution in [0.3, 0.4) is 0 Å². The van der Waals surface area contributed by atoms with Crippen molar-refractivity contribution >= 4 is 17.7 Å². The topological polar surface area (TPSA) is 15.8 Å². The van der Waals surface area contributed by atoms with Crippen molar-refractivity contribution in [3.8, 4) is 0 Å². The second-order valence-corrected chi connectivity index (χ2v) is 4.77. The zero-order chi connectivity index (χ0) is 10.3. The minimum Gasteiger partial charge on any atom is 0 e. The summed E-state index contributed by atoms with van der Waals surface area (Å²) in [6, 6.07) is 4.23. The SMILES string of the molecule is [CH2-]c1[nH]c2bcccc2c1C(C)(C)C.[Y]. The summed E-state index contributed by atoms with van der Waals surface area (Å²) in [6.07, 6.45) is 0. The molecule has 2 heterocycles. The Morgan fingerprint density at radius 1 is 1.33 bits per heavy atom. The van der Waals surface area contributed by atoms with E-state index in [1.165, 1.54) is 16.4 Å². The van der Waals surface area contributed by atoms with E-state index >= 15 is 0 Å². The number of rotatable bonds is 0. The van der Waals surface area contributed by atoms with Crippen LogP contribution in [0.2, 0.25) is 0 Å². The average Bonchev–Trinajstić information content (AvgIpc) is 2.38. The number of hydrogen-bond donors (Lipinski definition) is 1. The van der Waals surface area contributed by atoms with Crippen LogP contribution in [0.15, 0.2) is 18.1 Å². The Balaban J connectivity index is 0.00000112. The molecule has 0 atom stereocenters. The molecule has 1 nitrogen and oxygen atoms in total. The standard InChI is InChI=1S/C12H15BN.Y/c1-8-10(12(2,3)4)9-6-5-7-13-11(9)14-8;/h5-7,14H,1H2,2-4H3;/q-1;. The van der Waals surface area contributed by atoms with Gasteiger partial charge in [-0.15, -0.1) is 0 Å². The van der Waals surface area contributed by atoms with Gasteiger partial charge in [0.25, 0.3) is 0 Å². The van der Waals surface area contributed by atoms with Gasteiger partial charge in [0, 0.05) is 32.7 Å². The Bertz CT molecular complexity index is 468. The largest absolute Gasteiger partial charge is 0 e. The Morgan fingerprint density at radius 3 is 2.60 bits per heavy atom. The average molecular weight is 273 g/mol. The van der Waals surface area contributed by atoms with E-state index in [1.807, 2.05) is 5.96 Å². The molecule has 0 aliphatic carbocycles. The second-order valence-electron chi connectivity index (χ2n) is 4.77. The fraction of sp³-hybridized carbons (Fsp3) is 0.333. The van der Waals surface area contributed by atoms with Crippen LogP contribution in [0.5, 0.6) is 0 Å². The first-order valence-electron chi connectivity index (χ1n) is 4.93. The minimum absolute atomic E-state index is 0. The van der Waals surface area contributed by atoms with Gasteiger partial charge in [-0.05, 0) is 0 Å². The van der Waals surface area contributed by atoms with Gasteiger partial charge in [-0.3, -0.25) is 0 Å². The van der Waals surface area contributed by atoms with Crippen LogP contribution >= 0.6 is 0 Å². The summed E-state index contributed by atoms with van der Waals surface area (Å²) in [5.74, 6) is 2.05. The summed E-state index contributed by atoms with van der Waals surface area (Å²) >= 11 is 0. The normalized spacial score (nSPS) is 11.1. The van der Waals surface area contributed by atoms with E-state index in [9.17, 15) is 0 Å². The molecular formula is C12H15BNY-. The third-order valence-electron chi connectivity index (χ3n) is 2.53. The number of nitrogens with one attached hydrogen (secondary N) is 1. The monoisotopic (exact) mass is 273 g/mol. The van der Waals surface area contributed by atoms with E-state index in [1.54, 1.807) is 0 Å². The molecule has 1 radical (unpaired) electrons. The van der Waals surface area contributed by atoms with Gasteiger partial charge >= 0.3 is 85.2 Å². The molecule has 15 heavy (non-hydrogen) atoms. The summed E-state index contributed by atoms with van der Waals surface area (Å²) in [5, 5.41) is 1.30. The van der Waals surface area contributed by atoms with Gasteiger partial charge in [0.15, 0.2) is 0 Å². The number of fused-ring (bicyclic) bond motifs is 1. The zero-order valence-corrected chi connectivity index (χ0v) is 12.4. The van der Waals surface area contributed by atoms with Crippen molar-refractivity contribution in [3.63, 3.8) is 0 Å². The fourth-order valence-electron chi connectivity index (χ4n) is 2.05. The van der Waals surface area contributed by atoms with Crippen molar-refractivity contribution in [1.82, 2.24) is 4.98 Å². The molecule has 0 saturated carbocycles. The van der Waals surface area contributed by atoms with Crippen LogP contribution in [0.25, 0.3) is 10.8 Å². The van der Waals surface area contributed by atoms with E-state index in [0.717, 1.165) is 5.69 Å². The molecule has 0 bridgehead atoms. The van der Waals surface area contributed by atoms with Gasteiger partial charge in [0.1, 0.15) is 0 Å². The molecule has 0 amide bonds. The van der Waals surface area contributed by atoms with Crippen LogP contribution in [-0.4, -0.2) is 11.9 Å². The molecular weight excluding hydrogens is 258 g/mol. The van der Waals surface area contributed by atoms with E-state index in [4.69, 9.17) is 0 Å². The quantitative estimate of drug-likeness (QED) is 0.710. The molecule has 1 N–H and O–H groups in total. The number of H-pyrrole nitrogens is 1. The summed E-state index contributed by atoms with van der Waals surface area (Å²) in [6.45, 7) is 12.8. The predicted molar refractivity (Wildman–Crippen MR) is 62.8 cm³/mol. The third kappa shape index (κ3) is 2.37. The van der Waals surface area contributed by atoms with Crippen molar-refractivity contribution < 1.29 is 32.7 Å². The number of aromatic nitrogens is 1. The van der Waals surface area contributed by atoms with Gasteiger partial charge in [-0.1, -0.05) is 0 Å². The van der Waals surface area contributed by atoms with Crippen LogP contribution in [-0.2, 0) is 38.1 Å². The van der Waals surface area contributed by atoms with Crippen LogP contribution in [0.4, 0.5) is 0 Å². The molecule has 0 aliphatic rings. The Kier molecular flexibility index (Phi) is 3.84. The van der Waals surface area contributed by atoms with E-state index < -0.39 is 0 Å². The maximum Gasteiger partial charge on any atom is 0 e. The maximum atomic E-state index is 4.07. The van der Waals surface area contributed by atoms with Gasteiger partial charge < -0.3 is 0 Å². The van der Waals surface area contributed by atoms with Gasteiger partial charge in [0.2, 0.25) is 0 Å². The Morgan fingerprint density at radius 2 is 2.00 bits per heavy atom. The molecule has 0 fully saturated rings.